The number of hydrogen-bond donors (Lipinski definition) is 1. The van der Waals surface area contributed by atoms with E-state index in [9.17, 15) is 4.79 Å². The van der Waals surface area contributed by atoms with Crippen molar-refractivity contribution in [1.29, 1.82) is 0 Å². The minimum absolute atomic E-state index is 0.0239. The third-order valence-corrected chi connectivity index (χ3v) is 6.24. The molecule has 1 N–H and O–H groups in total. The van der Waals surface area contributed by atoms with Gasteiger partial charge < -0.3 is 4.90 Å². The van der Waals surface area contributed by atoms with E-state index in [1.54, 1.807) is 17.5 Å². The summed E-state index contributed by atoms with van der Waals surface area (Å²) in [6, 6.07) is 0. The van der Waals surface area contributed by atoms with E-state index in [4.69, 9.17) is 11.6 Å². The van der Waals surface area contributed by atoms with Gasteiger partial charge in [-0.2, -0.15) is 5.10 Å². The third-order valence-electron chi connectivity index (χ3n) is 4.82. The Balaban J connectivity index is 1.63. The van der Waals surface area contributed by atoms with E-state index in [0.29, 0.717) is 6.42 Å². The molecule has 0 bridgehead atoms. The molecule has 0 saturated carbocycles. The molecular weight excluding hydrogens is 332 g/mol. The average Bonchev–Trinajstić information content (AvgIpc) is 3.09. The normalized spacial score (nSPS) is 17.5. The lowest BCUT2D eigenvalue weighted by Gasteiger charge is -2.38. The van der Waals surface area contributed by atoms with Crippen LogP contribution in [-0.2, 0) is 16.6 Å². The molecule has 0 atom stereocenters. The summed E-state index contributed by atoms with van der Waals surface area (Å²) in [4.78, 5) is 19.0. The maximum absolute atomic E-state index is 12.6. The first kappa shape index (κ1) is 16.5. The Morgan fingerprint density at radius 1 is 1.43 bits per heavy atom. The van der Waals surface area contributed by atoms with Crippen LogP contribution in [0.25, 0.3) is 0 Å². The Bertz CT molecular complexity index is 696. The average molecular weight is 353 g/mol. The molecule has 23 heavy (non-hydrogen) atoms. The molecule has 0 aliphatic carbocycles. The van der Waals surface area contributed by atoms with E-state index < -0.39 is 0 Å². The van der Waals surface area contributed by atoms with Crippen LogP contribution in [-0.4, -0.2) is 39.1 Å². The molecule has 1 fully saturated rings. The fourth-order valence-corrected chi connectivity index (χ4v) is 4.21. The zero-order valence-corrected chi connectivity index (χ0v) is 15.2. The van der Waals surface area contributed by atoms with E-state index in [0.717, 1.165) is 52.2 Å². The molecule has 7 heteroatoms. The van der Waals surface area contributed by atoms with Gasteiger partial charge in [0.25, 0.3) is 0 Å². The molecule has 3 heterocycles. The van der Waals surface area contributed by atoms with Crippen molar-refractivity contribution in [2.75, 3.05) is 13.1 Å². The Kier molecular flexibility index (Phi) is 4.47. The SMILES string of the molecule is Cc1n[nH]c(C)c1CC(=O)N1CCC(C)(c2ncc(Cl)s2)CC1. The largest absolute Gasteiger partial charge is 0.342 e. The number of carbonyl (C=O) groups is 1. The predicted molar refractivity (Wildman–Crippen MR) is 92.1 cm³/mol. The lowest BCUT2D eigenvalue weighted by molar-refractivity contribution is -0.132. The molecule has 124 valence electrons. The summed E-state index contributed by atoms with van der Waals surface area (Å²) in [5.41, 5.74) is 2.94. The van der Waals surface area contributed by atoms with Crippen LogP contribution in [0.15, 0.2) is 6.20 Å². The number of hydrogen-bond acceptors (Lipinski definition) is 4. The van der Waals surface area contributed by atoms with Crippen molar-refractivity contribution in [2.45, 2.75) is 45.4 Å². The number of nitrogens with one attached hydrogen (secondary N) is 1. The smallest absolute Gasteiger partial charge is 0.227 e. The van der Waals surface area contributed by atoms with Crippen LogP contribution in [0.3, 0.4) is 0 Å². The van der Waals surface area contributed by atoms with Gasteiger partial charge in [0.2, 0.25) is 5.91 Å². The molecule has 2 aromatic rings. The molecule has 1 saturated heterocycles. The van der Waals surface area contributed by atoms with E-state index in [1.165, 1.54) is 0 Å². The van der Waals surface area contributed by atoms with Gasteiger partial charge in [-0.15, -0.1) is 11.3 Å². The zero-order valence-electron chi connectivity index (χ0n) is 13.6. The number of piperidine rings is 1. The molecule has 1 aliphatic rings. The van der Waals surface area contributed by atoms with E-state index in [2.05, 4.69) is 22.1 Å². The second-order valence-electron chi connectivity index (χ2n) is 6.50. The lowest BCUT2D eigenvalue weighted by Crippen LogP contribution is -2.44. The first-order valence-corrected chi connectivity index (χ1v) is 8.98. The molecule has 3 rings (SSSR count). The van der Waals surface area contributed by atoms with Crippen molar-refractivity contribution in [3.05, 3.63) is 32.5 Å². The first-order chi connectivity index (χ1) is 10.9. The molecule has 0 aromatic carbocycles. The summed E-state index contributed by atoms with van der Waals surface area (Å²) in [5.74, 6) is 0.178. The van der Waals surface area contributed by atoms with Crippen LogP contribution < -0.4 is 0 Å². The number of aromatic amines is 1. The van der Waals surface area contributed by atoms with Gasteiger partial charge in [0.1, 0.15) is 9.34 Å². The maximum Gasteiger partial charge on any atom is 0.227 e. The van der Waals surface area contributed by atoms with Gasteiger partial charge in [-0.1, -0.05) is 18.5 Å². The van der Waals surface area contributed by atoms with Crippen LogP contribution >= 0.6 is 22.9 Å². The second kappa shape index (κ2) is 6.24. The van der Waals surface area contributed by atoms with Crippen LogP contribution in [0.4, 0.5) is 0 Å². The number of rotatable bonds is 3. The molecule has 1 aliphatic heterocycles. The van der Waals surface area contributed by atoms with Crippen molar-refractivity contribution in [1.82, 2.24) is 20.1 Å². The summed E-state index contributed by atoms with van der Waals surface area (Å²) >= 11 is 7.56. The second-order valence-corrected chi connectivity index (χ2v) is 8.16. The highest BCUT2D eigenvalue weighted by molar-refractivity contribution is 7.15. The van der Waals surface area contributed by atoms with Gasteiger partial charge in [-0.25, -0.2) is 4.98 Å². The summed E-state index contributed by atoms with van der Waals surface area (Å²) in [6.07, 6.45) is 3.99. The molecule has 1 amide bonds. The van der Waals surface area contributed by atoms with Crippen molar-refractivity contribution in [2.24, 2.45) is 0 Å². The standard InChI is InChI=1S/C16H21ClN4OS/c1-10-12(11(2)20-19-10)8-14(22)21-6-4-16(3,5-7-21)15-18-9-13(17)23-15/h9H,4-8H2,1-3H3,(H,19,20). The molecule has 2 aromatic heterocycles. The Hall–Kier alpha value is -1.40. The van der Waals surface area contributed by atoms with Gasteiger partial charge >= 0.3 is 0 Å². The molecule has 0 unspecified atom stereocenters. The van der Waals surface area contributed by atoms with Crippen LogP contribution in [0, 0.1) is 13.8 Å². The highest BCUT2D eigenvalue weighted by atomic mass is 35.5. The topological polar surface area (TPSA) is 61.9 Å². The Morgan fingerprint density at radius 3 is 2.65 bits per heavy atom. The van der Waals surface area contributed by atoms with Crippen LogP contribution in [0.5, 0.6) is 0 Å². The van der Waals surface area contributed by atoms with Gasteiger partial charge in [-0.3, -0.25) is 9.89 Å². The summed E-state index contributed by atoms with van der Waals surface area (Å²) < 4.78 is 0.727. The molecule has 0 radical (unpaired) electrons. The number of thiazole rings is 1. The number of H-pyrrole nitrogens is 1. The van der Waals surface area contributed by atoms with Crippen LogP contribution in [0.2, 0.25) is 4.34 Å². The number of aryl methyl sites for hydroxylation is 2. The molecular formula is C16H21ClN4OS. The lowest BCUT2D eigenvalue weighted by atomic mass is 9.81. The molecule has 0 spiro atoms. The van der Waals surface area contributed by atoms with E-state index in [-0.39, 0.29) is 11.3 Å². The summed E-state index contributed by atoms with van der Waals surface area (Å²) in [7, 11) is 0. The van der Waals surface area contributed by atoms with Crippen molar-refractivity contribution < 1.29 is 4.79 Å². The number of halogens is 1. The first-order valence-electron chi connectivity index (χ1n) is 7.79. The van der Waals surface area contributed by atoms with Gasteiger partial charge in [0, 0.05) is 29.8 Å². The monoisotopic (exact) mass is 352 g/mol. The number of likely N-dealkylation sites (tertiary alicyclic amines) is 1. The fraction of sp³-hybridized carbons (Fsp3) is 0.562. The summed E-state index contributed by atoms with van der Waals surface area (Å²) in [6.45, 7) is 7.65. The Labute approximate surface area is 145 Å². The van der Waals surface area contributed by atoms with Crippen LogP contribution in [0.1, 0.15) is 41.7 Å². The van der Waals surface area contributed by atoms with E-state index in [1.807, 2.05) is 18.7 Å². The number of carbonyl (C=O) groups excluding carboxylic acids is 1. The maximum atomic E-state index is 12.6. The van der Waals surface area contributed by atoms with Crippen molar-refractivity contribution >= 4 is 28.8 Å². The highest BCUT2D eigenvalue weighted by Crippen LogP contribution is 2.38. The summed E-state index contributed by atoms with van der Waals surface area (Å²) in [5, 5.41) is 8.19. The predicted octanol–water partition coefficient (Wildman–Crippen LogP) is 3.26. The van der Waals surface area contributed by atoms with Crippen molar-refractivity contribution in [3.8, 4) is 0 Å². The Morgan fingerprint density at radius 2 is 2.13 bits per heavy atom. The van der Waals surface area contributed by atoms with Gasteiger partial charge in [-0.05, 0) is 26.7 Å². The number of aromatic nitrogens is 3. The quantitative estimate of drug-likeness (QED) is 0.922. The third kappa shape index (κ3) is 3.28. The van der Waals surface area contributed by atoms with E-state index >= 15 is 0 Å². The minimum Gasteiger partial charge on any atom is -0.342 e. The minimum atomic E-state index is 0.0239. The number of nitrogens with zero attached hydrogens (tertiary/aromatic N) is 3. The fourth-order valence-electron chi connectivity index (χ4n) is 3.09. The van der Waals surface area contributed by atoms with Gasteiger partial charge in [0.05, 0.1) is 18.3 Å². The highest BCUT2D eigenvalue weighted by Gasteiger charge is 2.35. The zero-order chi connectivity index (χ0) is 16.6. The number of amides is 1. The molecule has 5 nitrogen and oxygen atoms in total. The van der Waals surface area contributed by atoms with Crippen molar-refractivity contribution in [3.63, 3.8) is 0 Å². The van der Waals surface area contributed by atoms with Gasteiger partial charge in [0.15, 0.2) is 0 Å².